The van der Waals surface area contributed by atoms with Gasteiger partial charge in [-0.05, 0) is 42.7 Å². The third kappa shape index (κ3) is 13.3. The Morgan fingerprint density at radius 2 is 1.00 bits per heavy atom. The quantitative estimate of drug-likeness (QED) is 0.521. The van der Waals surface area contributed by atoms with Crippen LogP contribution >= 0.6 is 11.8 Å². The molecule has 1 atom stereocenters. The lowest BCUT2D eigenvalue weighted by Crippen LogP contribution is -2.48. The van der Waals surface area contributed by atoms with Gasteiger partial charge in [0.15, 0.2) is 0 Å². The minimum absolute atomic E-state index is 0.741. The van der Waals surface area contributed by atoms with Gasteiger partial charge >= 0.3 is 0 Å². The lowest BCUT2D eigenvalue weighted by molar-refractivity contribution is 0.118. The molecule has 1 heterocycles. The van der Waals surface area contributed by atoms with Crippen molar-refractivity contribution in [3.8, 4) is 0 Å². The molecule has 1 aliphatic heterocycles. The molecule has 174 valence electrons. The second-order valence-electron chi connectivity index (χ2n) is 10.1. The standard InChI is InChI=1S/C24H52N4S/c1-8-9-25-10-12-26(18-22(2)3)14-15-27(19-23(4)5)16-17-28(13-11-25)20-24(6)21-29-7/h22-24H,8-21H2,1-7H3. The summed E-state index contributed by atoms with van der Waals surface area (Å²) >= 11 is 1.99. The molecule has 1 rings (SSSR count). The third-order valence-electron chi connectivity index (χ3n) is 5.74. The number of rotatable bonds is 10. The zero-order chi connectivity index (χ0) is 21.6. The van der Waals surface area contributed by atoms with Gasteiger partial charge in [-0.1, -0.05) is 41.5 Å². The average molecular weight is 429 g/mol. The number of thioether (sulfide) groups is 1. The predicted octanol–water partition coefficient (Wildman–Crippen LogP) is 3.93. The van der Waals surface area contributed by atoms with E-state index in [1.165, 1.54) is 90.7 Å². The Morgan fingerprint density at radius 3 is 1.34 bits per heavy atom. The Hall–Kier alpha value is 0.190. The minimum Gasteiger partial charge on any atom is -0.301 e. The van der Waals surface area contributed by atoms with E-state index in [1.54, 1.807) is 0 Å². The first kappa shape index (κ1) is 27.2. The van der Waals surface area contributed by atoms with Gasteiger partial charge in [0, 0.05) is 72.0 Å². The van der Waals surface area contributed by atoms with Crippen molar-refractivity contribution in [1.82, 2.24) is 19.6 Å². The van der Waals surface area contributed by atoms with E-state index in [4.69, 9.17) is 0 Å². The zero-order valence-electron chi connectivity index (χ0n) is 20.8. The molecule has 1 unspecified atom stereocenters. The maximum absolute atomic E-state index is 2.75. The van der Waals surface area contributed by atoms with Gasteiger partial charge in [-0.2, -0.15) is 11.8 Å². The molecule has 1 aliphatic rings. The van der Waals surface area contributed by atoms with Crippen LogP contribution in [0.15, 0.2) is 0 Å². The number of hydrogen-bond acceptors (Lipinski definition) is 5. The maximum atomic E-state index is 2.75. The summed E-state index contributed by atoms with van der Waals surface area (Å²) in [6.07, 6.45) is 3.50. The van der Waals surface area contributed by atoms with Crippen LogP contribution in [0.5, 0.6) is 0 Å². The highest BCUT2D eigenvalue weighted by atomic mass is 32.2. The molecule has 1 fully saturated rings. The normalized spacial score (nSPS) is 21.4. The molecule has 0 bridgehead atoms. The van der Waals surface area contributed by atoms with Crippen LogP contribution in [0, 0.1) is 17.8 Å². The van der Waals surface area contributed by atoms with Crippen LogP contribution in [0.1, 0.15) is 48.0 Å². The Kier molecular flexibility index (Phi) is 14.9. The first-order chi connectivity index (χ1) is 13.8. The lowest BCUT2D eigenvalue weighted by Gasteiger charge is -2.36. The van der Waals surface area contributed by atoms with Gasteiger partial charge in [0.05, 0.1) is 0 Å². The van der Waals surface area contributed by atoms with E-state index in [1.807, 2.05) is 11.8 Å². The van der Waals surface area contributed by atoms with Gasteiger partial charge in [0.2, 0.25) is 0 Å². The van der Waals surface area contributed by atoms with Crippen LogP contribution in [-0.4, -0.2) is 110 Å². The van der Waals surface area contributed by atoms with Crippen molar-refractivity contribution in [3.63, 3.8) is 0 Å². The summed E-state index contributed by atoms with van der Waals surface area (Å²) in [5, 5.41) is 0. The summed E-state index contributed by atoms with van der Waals surface area (Å²) in [7, 11) is 0. The summed E-state index contributed by atoms with van der Waals surface area (Å²) in [6, 6.07) is 0. The smallest absolute Gasteiger partial charge is 0.0110 e. The van der Waals surface area contributed by atoms with E-state index in [9.17, 15) is 0 Å². The van der Waals surface area contributed by atoms with Crippen molar-refractivity contribution in [3.05, 3.63) is 0 Å². The molecular weight excluding hydrogens is 376 g/mol. The van der Waals surface area contributed by atoms with Crippen molar-refractivity contribution in [2.45, 2.75) is 48.0 Å². The largest absolute Gasteiger partial charge is 0.301 e. The predicted molar refractivity (Wildman–Crippen MR) is 133 cm³/mol. The molecule has 1 saturated heterocycles. The molecule has 0 aromatic rings. The summed E-state index contributed by atoms with van der Waals surface area (Å²) in [5.41, 5.74) is 0. The van der Waals surface area contributed by atoms with Crippen LogP contribution in [-0.2, 0) is 0 Å². The molecule has 29 heavy (non-hydrogen) atoms. The fourth-order valence-corrected chi connectivity index (χ4v) is 5.15. The van der Waals surface area contributed by atoms with E-state index in [0.717, 1.165) is 17.8 Å². The first-order valence-electron chi connectivity index (χ1n) is 12.2. The van der Waals surface area contributed by atoms with Crippen LogP contribution in [0.2, 0.25) is 0 Å². The van der Waals surface area contributed by atoms with E-state index >= 15 is 0 Å². The summed E-state index contributed by atoms with van der Waals surface area (Å²) < 4.78 is 0. The summed E-state index contributed by atoms with van der Waals surface area (Å²) in [4.78, 5) is 10.9. The van der Waals surface area contributed by atoms with E-state index in [-0.39, 0.29) is 0 Å². The summed E-state index contributed by atoms with van der Waals surface area (Å²) in [5.74, 6) is 3.53. The van der Waals surface area contributed by atoms with Crippen molar-refractivity contribution < 1.29 is 0 Å². The number of hydrogen-bond donors (Lipinski definition) is 0. The van der Waals surface area contributed by atoms with Gasteiger partial charge in [0.25, 0.3) is 0 Å². The van der Waals surface area contributed by atoms with Crippen molar-refractivity contribution in [2.24, 2.45) is 17.8 Å². The molecule has 4 nitrogen and oxygen atoms in total. The van der Waals surface area contributed by atoms with Crippen LogP contribution in [0.4, 0.5) is 0 Å². The van der Waals surface area contributed by atoms with Crippen molar-refractivity contribution in [1.29, 1.82) is 0 Å². The zero-order valence-corrected chi connectivity index (χ0v) is 21.6. The molecule has 0 saturated carbocycles. The monoisotopic (exact) mass is 428 g/mol. The molecule has 0 spiro atoms. The second-order valence-corrected chi connectivity index (χ2v) is 11.0. The number of nitrogens with zero attached hydrogens (tertiary/aromatic N) is 4. The Bertz CT molecular complexity index is 391. The molecule has 0 aromatic heterocycles. The second kappa shape index (κ2) is 15.9. The highest BCUT2D eigenvalue weighted by molar-refractivity contribution is 7.98. The fourth-order valence-electron chi connectivity index (χ4n) is 4.48. The third-order valence-corrected chi connectivity index (χ3v) is 6.64. The molecule has 0 aliphatic carbocycles. The Balaban J connectivity index is 2.83. The fraction of sp³-hybridized carbons (Fsp3) is 1.00. The van der Waals surface area contributed by atoms with Gasteiger partial charge < -0.3 is 19.6 Å². The van der Waals surface area contributed by atoms with E-state index in [0.29, 0.717) is 0 Å². The van der Waals surface area contributed by atoms with Gasteiger partial charge in [-0.15, -0.1) is 0 Å². The Labute approximate surface area is 187 Å². The molecule has 0 N–H and O–H groups in total. The minimum atomic E-state index is 0.741. The van der Waals surface area contributed by atoms with E-state index in [2.05, 4.69) is 67.4 Å². The van der Waals surface area contributed by atoms with Crippen LogP contribution in [0.3, 0.4) is 0 Å². The van der Waals surface area contributed by atoms with E-state index < -0.39 is 0 Å². The Morgan fingerprint density at radius 1 is 0.621 bits per heavy atom. The summed E-state index contributed by atoms with van der Waals surface area (Å²) in [6.45, 7) is 28.9. The highest BCUT2D eigenvalue weighted by Crippen LogP contribution is 2.10. The molecular formula is C24H52N4S. The molecule has 5 heteroatoms. The first-order valence-corrected chi connectivity index (χ1v) is 13.6. The molecule has 0 radical (unpaired) electrons. The average Bonchev–Trinajstić information content (AvgIpc) is 2.63. The van der Waals surface area contributed by atoms with Crippen molar-refractivity contribution >= 4 is 11.8 Å². The molecule has 0 amide bonds. The molecule has 0 aromatic carbocycles. The SMILES string of the molecule is CCCN1CCN(CC(C)C)CCN(CC(C)C)CCN(CC(C)CSC)CC1. The lowest BCUT2D eigenvalue weighted by atomic mass is 10.1. The highest BCUT2D eigenvalue weighted by Gasteiger charge is 2.18. The van der Waals surface area contributed by atoms with Gasteiger partial charge in [-0.3, -0.25) is 0 Å². The maximum Gasteiger partial charge on any atom is 0.0110 e. The van der Waals surface area contributed by atoms with Gasteiger partial charge in [-0.25, -0.2) is 0 Å². The van der Waals surface area contributed by atoms with Crippen LogP contribution in [0.25, 0.3) is 0 Å². The topological polar surface area (TPSA) is 13.0 Å². The van der Waals surface area contributed by atoms with Crippen LogP contribution < -0.4 is 0 Å². The van der Waals surface area contributed by atoms with Crippen molar-refractivity contribution in [2.75, 3.05) is 90.5 Å². The van der Waals surface area contributed by atoms with Gasteiger partial charge in [0.1, 0.15) is 0 Å².